The van der Waals surface area contributed by atoms with Gasteiger partial charge in [-0.05, 0) is 61.4 Å². The Morgan fingerprint density at radius 2 is 1.70 bits per heavy atom. The minimum Gasteiger partial charge on any atom is -0.462 e. The molecule has 0 bridgehead atoms. The summed E-state index contributed by atoms with van der Waals surface area (Å²) < 4.78 is 18.2. The molecule has 1 saturated heterocycles. The van der Waals surface area contributed by atoms with Gasteiger partial charge < -0.3 is 15.0 Å². The van der Waals surface area contributed by atoms with Crippen LogP contribution >= 0.6 is 0 Å². The Hall–Kier alpha value is -3.75. The first kappa shape index (κ1) is 23.9. The lowest BCUT2D eigenvalue weighted by Gasteiger charge is -2.23. The highest BCUT2D eigenvalue weighted by Gasteiger charge is 2.46. The number of esters is 1. The van der Waals surface area contributed by atoms with E-state index in [2.05, 4.69) is 5.32 Å². The second-order valence-electron chi connectivity index (χ2n) is 8.04. The van der Waals surface area contributed by atoms with E-state index in [1.54, 1.807) is 19.1 Å². The van der Waals surface area contributed by atoms with E-state index in [4.69, 9.17) is 4.74 Å². The van der Waals surface area contributed by atoms with Crippen molar-refractivity contribution in [2.45, 2.75) is 33.2 Å². The summed E-state index contributed by atoms with van der Waals surface area (Å²) in [7, 11) is 0. The molecule has 1 fully saturated rings. The molecule has 1 N–H and O–H groups in total. The molecule has 1 aliphatic heterocycles. The van der Waals surface area contributed by atoms with Gasteiger partial charge in [0.1, 0.15) is 11.9 Å². The fourth-order valence-electron chi connectivity index (χ4n) is 3.55. The Labute approximate surface area is 191 Å². The van der Waals surface area contributed by atoms with Gasteiger partial charge in [-0.25, -0.2) is 18.9 Å². The van der Waals surface area contributed by atoms with E-state index in [1.807, 2.05) is 13.8 Å². The van der Waals surface area contributed by atoms with Gasteiger partial charge in [0.15, 0.2) is 0 Å². The average molecular weight is 455 g/mol. The molecule has 0 spiro atoms. The third-order valence-corrected chi connectivity index (χ3v) is 5.02. The van der Waals surface area contributed by atoms with E-state index in [9.17, 15) is 23.6 Å². The molecule has 0 saturated carbocycles. The van der Waals surface area contributed by atoms with Gasteiger partial charge in [0.05, 0.1) is 24.3 Å². The van der Waals surface area contributed by atoms with Crippen LogP contribution in [0.4, 0.5) is 20.6 Å². The van der Waals surface area contributed by atoms with Crippen LogP contribution in [0.15, 0.2) is 48.5 Å². The minimum atomic E-state index is -0.983. The molecule has 8 nitrogen and oxygen atoms in total. The molecule has 2 aromatic rings. The van der Waals surface area contributed by atoms with Crippen molar-refractivity contribution >= 4 is 35.2 Å². The summed E-state index contributed by atoms with van der Waals surface area (Å²) in [6.07, 6.45) is -0.241. The molecule has 1 heterocycles. The average Bonchev–Trinajstić information content (AvgIpc) is 2.98. The minimum absolute atomic E-state index is 0.0656. The first-order chi connectivity index (χ1) is 15.7. The quantitative estimate of drug-likeness (QED) is 0.482. The van der Waals surface area contributed by atoms with E-state index < -0.39 is 35.7 Å². The Morgan fingerprint density at radius 1 is 1.06 bits per heavy atom. The maximum absolute atomic E-state index is 13.3. The van der Waals surface area contributed by atoms with E-state index in [1.165, 1.54) is 41.3 Å². The third-order valence-electron chi connectivity index (χ3n) is 5.02. The number of benzene rings is 2. The monoisotopic (exact) mass is 455 g/mol. The van der Waals surface area contributed by atoms with Crippen LogP contribution in [0.1, 0.15) is 37.6 Å². The number of amides is 4. The lowest BCUT2D eigenvalue weighted by atomic mass is 10.1. The molecule has 9 heteroatoms. The first-order valence-electron chi connectivity index (χ1n) is 10.7. The van der Waals surface area contributed by atoms with Gasteiger partial charge in [-0.3, -0.25) is 9.59 Å². The maximum Gasteiger partial charge on any atom is 0.338 e. The van der Waals surface area contributed by atoms with Crippen LogP contribution in [-0.2, 0) is 14.3 Å². The number of imide groups is 1. The number of nitrogens with one attached hydrogen (secondary N) is 1. The number of rotatable bonds is 8. The summed E-state index contributed by atoms with van der Waals surface area (Å²) in [5.74, 6) is -1.88. The molecular weight excluding hydrogens is 429 g/mol. The number of nitrogens with zero attached hydrogens (tertiary/aromatic N) is 2. The van der Waals surface area contributed by atoms with Crippen LogP contribution in [-0.4, -0.2) is 47.9 Å². The smallest absolute Gasteiger partial charge is 0.338 e. The van der Waals surface area contributed by atoms with E-state index >= 15 is 0 Å². The van der Waals surface area contributed by atoms with Crippen molar-refractivity contribution in [3.05, 3.63) is 59.9 Å². The van der Waals surface area contributed by atoms with E-state index in [0.29, 0.717) is 11.3 Å². The summed E-state index contributed by atoms with van der Waals surface area (Å²) in [5, 5.41) is 2.69. The number of urea groups is 1. The standard InChI is InChI=1S/C24H26FN3O5/c1-4-33-23(31)16-5-9-18(10-6-16)26-21(29)13-20-22(30)28(19-11-7-17(25)8-12-19)24(32)27(20)14-15(2)3/h5-12,15,20H,4,13-14H2,1-3H3,(H,26,29)/t20-/m0/s1. The van der Waals surface area contributed by atoms with E-state index in [-0.39, 0.29) is 31.2 Å². The fraction of sp³-hybridized carbons (Fsp3) is 0.333. The number of hydrogen-bond acceptors (Lipinski definition) is 5. The van der Waals surface area contributed by atoms with Crippen molar-refractivity contribution in [1.82, 2.24) is 4.90 Å². The van der Waals surface area contributed by atoms with Gasteiger partial charge in [0.2, 0.25) is 5.91 Å². The molecule has 2 aromatic carbocycles. The normalized spacial score (nSPS) is 15.8. The van der Waals surface area contributed by atoms with Crippen molar-refractivity contribution in [3.8, 4) is 0 Å². The number of ether oxygens (including phenoxy) is 1. The molecule has 174 valence electrons. The van der Waals surface area contributed by atoms with Gasteiger partial charge in [0, 0.05) is 12.2 Å². The lowest BCUT2D eigenvalue weighted by molar-refractivity contribution is -0.124. The second kappa shape index (κ2) is 10.2. The van der Waals surface area contributed by atoms with Gasteiger partial charge >= 0.3 is 12.0 Å². The topological polar surface area (TPSA) is 96.0 Å². The second-order valence-corrected chi connectivity index (χ2v) is 8.04. The summed E-state index contributed by atoms with van der Waals surface area (Å²) in [6.45, 7) is 6.06. The first-order valence-corrected chi connectivity index (χ1v) is 10.7. The number of carbonyl (C=O) groups excluding carboxylic acids is 4. The Bertz CT molecular complexity index is 1040. The number of hydrogen-bond donors (Lipinski definition) is 1. The third kappa shape index (κ3) is 5.54. The van der Waals surface area contributed by atoms with Crippen LogP contribution in [0.5, 0.6) is 0 Å². The van der Waals surface area contributed by atoms with Crippen molar-refractivity contribution < 1.29 is 28.3 Å². The molecule has 0 aliphatic carbocycles. The largest absolute Gasteiger partial charge is 0.462 e. The van der Waals surface area contributed by atoms with Gasteiger partial charge in [-0.1, -0.05) is 13.8 Å². The number of anilines is 2. The summed E-state index contributed by atoms with van der Waals surface area (Å²) in [4.78, 5) is 52.9. The van der Waals surface area contributed by atoms with Crippen LogP contribution in [0.2, 0.25) is 0 Å². The predicted molar refractivity (Wildman–Crippen MR) is 120 cm³/mol. The summed E-state index contributed by atoms with van der Waals surface area (Å²) in [6, 6.07) is 9.69. The Morgan fingerprint density at radius 3 is 2.27 bits per heavy atom. The van der Waals surface area contributed by atoms with Gasteiger partial charge in [-0.2, -0.15) is 0 Å². The molecule has 3 rings (SSSR count). The van der Waals surface area contributed by atoms with Crippen molar-refractivity contribution in [2.24, 2.45) is 5.92 Å². The van der Waals surface area contributed by atoms with Gasteiger partial charge in [0.25, 0.3) is 5.91 Å². The number of halogens is 1. The highest BCUT2D eigenvalue weighted by atomic mass is 19.1. The molecule has 0 aromatic heterocycles. The molecule has 1 atom stereocenters. The molecule has 1 aliphatic rings. The zero-order valence-corrected chi connectivity index (χ0v) is 18.7. The SMILES string of the molecule is CCOC(=O)c1ccc(NC(=O)C[C@H]2C(=O)N(c3ccc(F)cc3)C(=O)N2CC(C)C)cc1. The van der Waals surface area contributed by atoms with Crippen LogP contribution in [0, 0.1) is 11.7 Å². The molecule has 0 radical (unpaired) electrons. The van der Waals surface area contributed by atoms with Crippen molar-refractivity contribution in [1.29, 1.82) is 0 Å². The Kier molecular flexibility index (Phi) is 7.42. The Balaban J connectivity index is 1.74. The maximum atomic E-state index is 13.3. The highest BCUT2D eigenvalue weighted by molar-refractivity contribution is 6.22. The molecule has 33 heavy (non-hydrogen) atoms. The molecule has 0 unspecified atom stereocenters. The zero-order valence-electron chi connectivity index (χ0n) is 18.7. The number of carbonyl (C=O) groups is 4. The van der Waals surface area contributed by atoms with Crippen molar-refractivity contribution in [3.63, 3.8) is 0 Å². The molecule has 4 amide bonds. The predicted octanol–water partition coefficient (Wildman–Crippen LogP) is 3.82. The summed E-state index contributed by atoms with van der Waals surface area (Å²) >= 11 is 0. The van der Waals surface area contributed by atoms with Crippen molar-refractivity contribution in [2.75, 3.05) is 23.4 Å². The highest BCUT2D eigenvalue weighted by Crippen LogP contribution is 2.28. The fourth-order valence-corrected chi connectivity index (χ4v) is 3.55. The molecular formula is C24H26FN3O5. The lowest BCUT2D eigenvalue weighted by Crippen LogP contribution is -2.40. The van der Waals surface area contributed by atoms with Crippen LogP contribution in [0.3, 0.4) is 0 Å². The van der Waals surface area contributed by atoms with Crippen LogP contribution < -0.4 is 10.2 Å². The zero-order chi connectivity index (χ0) is 24.1. The summed E-state index contributed by atoms with van der Waals surface area (Å²) in [5.41, 5.74) is 1.04. The van der Waals surface area contributed by atoms with E-state index in [0.717, 1.165) is 4.90 Å². The van der Waals surface area contributed by atoms with Gasteiger partial charge in [-0.15, -0.1) is 0 Å². The van der Waals surface area contributed by atoms with Crippen LogP contribution in [0.25, 0.3) is 0 Å².